The minimum Gasteiger partial charge on any atom is -0.392 e. The lowest BCUT2D eigenvalue weighted by Gasteiger charge is -2.24. The van der Waals surface area contributed by atoms with Gasteiger partial charge in [0.05, 0.1) is 11.5 Å². The van der Waals surface area contributed by atoms with E-state index in [2.05, 4.69) is 0 Å². The van der Waals surface area contributed by atoms with Crippen LogP contribution in [-0.2, 0) is 16.6 Å². The number of thioether (sulfide) groups is 1. The summed E-state index contributed by atoms with van der Waals surface area (Å²) in [5.74, 6) is 1.87. The first-order valence-corrected chi connectivity index (χ1v) is 9.24. The van der Waals surface area contributed by atoms with Crippen molar-refractivity contribution in [1.82, 2.24) is 4.31 Å². The molecule has 1 aromatic rings. The number of sulfonamides is 1. The topological polar surface area (TPSA) is 57.6 Å². The molecular formula is C14H21NO3S2. The first-order valence-electron chi connectivity index (χ1n) is 6.64. The van der Waals surface area contributed by atoms with Gasteiger partial charge in [-0.3, -0.25) is 0 Å². The minimum absolute atomic E-state index is 0.0717. The Morgan fingerprint density at radius 2 is 2.10 bits per heavy atom. The Balaban J connectivity index is 2.45. The quantitative estimate of drug-likeness (QED) is 0.922. The van der Waals surface area contributed by atoms with Crippen molar-refractivity contribution >= 4 is 21.8 Å². The molecule has 0 saturated carbocycles. The standard InChI is InChI=1S/C14H21NO3S2/c1-10-6-12(8-16)7-14(11(10)2)20(17,18)15(3)13-4-5-19-9-13/h6-7,13,16H,4-5,8-9H2,1-3H3. The Morgan fingerprint density at radius 3 is 2.65 bits per heavy atom. The fraction of sp³-hybridized carbons (Fsp3) is 0.571. The summed E-state index contributed by atoms with van der Waals surface area (Å²) in [6.45, 7) is 3.55. The third-order valence-electron chi connectivity index (χ3n) is 3.94. The van der Waals surface area contributed by atoms with E-state index < -0.39 is 10.0 Å². The maximum atomic E-state index is 12.8. The maximum absolute atomic E-state index is 12.8. The van der Waals surface area contributed by atoms with Gasteiger partial charge in [-0.25, -0.2) is 8.42 Å². The number of aliphatic hydroxyl groups is 1. The van der Waals surface area contributed by atoms with Gasteiger partial charge in [-0.15, -0.1) is 0 Å². The van der Waals surface area contributed by atoms with Crippen LogP contribution in [0.3, 0.4) is 0 Å². The molecule has 1 N–H and O–H groups in total. The number of aryl methyl sites for hydroxylation is 1. The van der Waals surface area contributed by atoms with Gasteiger partial charge in [0.25, 0.3) is 0 Å². The predicted molar refractivity (Wildman–Crippen MR) is 82.5 cm³/mol. The predicted octanol–water partition coefficient (Wildman–Crippen LogP) is 1.92. The van der Waals surface area contributed by atoms with Crippen molar-refractivity contribution in [2.24, 2.45) is 0 Å². The molecule has 1 aromatic carbocycles. The highest BCUT2D eigenvalue weighted by Gasteiger charge is 2.31. The monoisotopic (exact) mass is 315 g/mol. The molecule has 0 bridgehead atoms. The zero-order valence-corrected chi connectivity index (χ0v) is 13.7. The number of rotatable bonds is 4. The second-order valence-corrected chi connectivity index (χ2v) is 8.35. The zero-order valence-electron chi connectivity index (χ0n) is 12.1. The minimum atomic E-state index is -3.50. The first-order chi connectivity index (χ1) is 9.37. The lowest BCUT2D eigenvalue weighted by molar-refractivity contribution is 0.281. The molecule has 20 heavy (non-hydrogen) atoms. The van der Waals surface area contributed by atoms with Gasteiger partial charge >= 0.3 is 0 Å². The van der Waals surface area contributed by atoms with Crippen molar-refractivity contribution in [2.75, 3.05) is 18.6 Å². The van der Waals surface area contributed by atoms with Gasteiger partial charge in [0.15, 0.2) is 0 Å². The van der Waals surface area contributed by atoms with Crippen molar-refractivity contribution in [1.29, 1.82) is 0 Å². The molecule has 0 amide bonds. The Hall–Kier alpha value is -0.560. The molecule has 0 aromatic heterocycles. The van der Waals surface area contributed by atoms with Crippen LogP contribution in [-0.4, -0.2) is 42.4 Å². The molecular weight excluding hydrogens is 294 g/mol. The average Bonchev–Trinajstić information content (AvgIpc) is 2.94. The number of hydrogen-bond donors (Lipinski definition) is 1. The SMILES string of the molecule is Cc1cc(CO)cc(S(=O)(=O)N(C)C2CCSC2)c1C. The van der Waals surface area contributed by atoms with Gasteiger partial charge in [0, 0.05) is 18.8 Å². The summed E-state index contributed by atoms with van der Waals surface area (Å²) in [6.07, 6.45) is 0.901. The molecule has 1 heterocycles. The van der Waals surface area contributed by atoms with Crippen LogP contribution >= 0.6 is 11.8 Å². The molecule has 1 aliphatic rings. The van der Waals surface area contributed by atoms with E-state index in [0.29, 0.717) is 10.5 Å². The highest BCUT2D eigenvalue weighted by molar-refractivity contribution is 7.99. The molecule has 1 fully saturated rings. The van der Waals surface area contributed by atoms with E-state index in [1.54, 1.807) is 24.9 Å². The third-order valence-corrected chi connectivity index (χ3v) is 7.12. The molecule has 1 saturated heterocycles. The molecule has 1 aliphatic heterocycles. The molecule has 2 rings (SSSR count). The molecule has 4 nitrogen and oxygen atoms in total. The van der Waals surface area contributed by atoms with Crippen LogP contribution in [0.15, 0.2) is 17.0 Å². The Kier molecular flexibility index (Phi) is 4.79. The number of hydrogen-bond acceptors (Lipinski definition) is 4. The second-order valence-electron chi connectivity index (χ2n) is 5.23. The largest absolute Gasteiger partial charge is 0.392 e. The van der Waals surface area contributed by atoms with Crippen LogP contribution in [0.4, 0.5) is 0 Å². The van der Waals surface area contributed by atoms with Crippen molar-refractivity contribution < 1.29 is 13.5 Å². The van der Waals surface area contributed by atoms with E-state index in [1.807, 2.05) is 19.9 Å². The highest BCUT2D eigenvalue weighted by Crippen LogP contribution is 2.29. The Labute approximate surface area is 125 Å². The molecule has 1 atom stereocenters. The fourth-order valence-electron chi connectivity index (χ4n) is 2.42. The van der Waals surface area contributed by atoms with Crippen LogP contribution in [0.2, 0.25) is 0 Å². The van der Waals surface area contributed by atoms with E-state index in [0.717, 1.165) is 29.1 Å². The number of benzene rings is 1. The molecule has 0 spiro atoms. The lowest BCUT2D eigenvalue weighted by Crippen LogP contribution is -2.37. The molecule has 1 unspecified atom stereocenters. The number of aliphatic hydroxyl groups excluding tert-OH is 1. The van der Waals surface area contributed by atoms with E-state index in [-0.39, 0.29) is 12.6 Å². The summed E-state index contributed by atoms with van der Waals surface area (Å²) >= 11 is 1.79. The number of nitrogens with zero attached hydrogens (tertiary/aromatic N) is 1. The summed E-state index contributed by atoms with van der Waals surface area (Å²) < 4.78 is 27.1. The smallest absolute Gasteiger partial charge is 0.243 e. The zero-order chi connectivity index (χ0) is 14.9. The van der Waals surface area contributed by atoms with Gasteiger partial charge in [0.1, 0.15) is 0 Å². The highest BCUT2D eigenvalue weighted by atomic mass is 32.2. The van der Waals surface area contributed by atoms with Crippen molar-refractivity contribution in [2.45, 2.75) is 37.8 Å². The molecule has 0 aliphatic carbocycles. The first kappa shape index (κ1) is 15.8. The van der Waals surface area contributed by atoms with Crippen molar-refractivity contribution in [3.8, 4) is 0 Å². The molecule has 6 heteroatoms. The molecule has 112 valence electrons. The lowest BCUT2D eigenvalue weighted by atomic mass is 10.1. The van der Waals surface area contributed by atoms with Crippen molar-refractivity contribution in [3.05, 3.63) is 28.8 Å². The maximum Gasteiger partial charge on any atom is 0.243 e. The van der Waals surface area contributed by atoms with E-state index >= 15 is 0 Å². The van der Waals surface area contributed by atoms with Gasteiger partial charge in [-0.2, -0.15) is 16.1 Å². The average molecular weight is 315 g/mol. The summed E-state index contributed by atoms with van der Waals surface area (Å²) in [4.78, 5) is 0.320. The van der Waals surface area contributed by atoms with Gasteiger partial charge < -0.3 is 5.11 Å². The van der Waals surface area contributed by atoms with Crippen LogP contribution in [0.5, 0.6) is 0 Å². The Bertz CT molecular complexity index is 593. The van der Waals surface area contributed by atoms with E-state index in [9.17, 15) is 13.5 Å². The second kappa shape index (κ2) is 6.05. The third kappa shape index (κ3) is 2.88. The summed E-state index contributed by atoms with van der Waals surface area (Å²) in [6, 6.07) is 3.50. The van der Waals surface area contributed by atoms with Gasteiger partial charge in [0.2, 0.25) is 10.0 Å². The summed E-state index contributed by atoms with van der Waals surface area (Å²) in [7, 11) is -1.84. The normalized spacial score (nSPS) is 19.8. The van der Waals surface area contributed by atoms with E-state index in [4.69, 9.17) is 0 Å². The van der Waals surface area contributed by atoms with Crippen LogP contribution in [0, 0.1) is 13.8 Å². The molecule has 0 radical (unpaired) electrons. The summed E-state index contributed by atoms with van der Waals surface area (Å²) in [5.41, 5.74) is 2.30. The van der Waals surface area contributed by atoms with Gasteiger partial charge in [-0.05, 0) is 48.8 Å². The van der Waals surface area contributed by atoms with Gasteiger partial charge in [-0.1, -0.05) is 6.07 Å². The van der Waals surface area contributed by atoms with Crippen LogP contribution in [0.1, 0.15) is 23.1 Å². The fourth-order valence-corrected chi connectivity index (χ4v) is 5.51. The summed E-state index contributed by atoms with van der Waals surface area (Å²) in [5, 5.41) is 9.28. The van der Waals surface area contributed by atoms with Crippen LogP contribution < -0.4 is 0 Å². The van der Waals surface area contributed by atoms with E-state index in [1.165, 1.54) is 4.31 Å². The van der Waals surface area contributed by atoms with Crippen LogP contribution in [0.25, 0.3) is 0 Å². The Morgan fingerprint density at radius 1 is 1.40 bits per heavy atom. The van der Waals surface area contributed by atoms with Crippen molar-refractivity contribution in [3.63, 3.8) is 0 Å².